The third kappa shape index (κ3) is 5.70. The van der Waals surface area contributed by atoms with Crippen molar-refractivity contribution in [2.24, 2.45) is 0 Å². The average molecular weight is 373 g/mol. The molecule has 0 radical (unpaired) electrons. The van der Waals surface area contributed by atoms with Crippen molar-refractivity contribution >= 4 is 17.7 Å². The molecule has 6 heteroatoms. The second kappa shape index (κ2) is 9.74. The van der Waals surface area contributed by atoms with Gasteiger partial charge in [-0.1, -0.05) is 25.7 Å². The van der Waals surface area contributed by atoms with Crippen LogP contribution in [0, 0.1) is 0 Å². The van der Waals surface area contributed by atoms with E-state index in [-0.39, 0.29) is 18.0 Å². The molecule has 2 fully saturated rings. The molecular formula is C21H31N3O3. The fraction of sp³-hybridized carbons (Fsp3) is 0.619. The molecule has 1 aromatic rings. The highest BCUT2D eigenvalue weighted by molar-refractivity contribution is 5.92. The summed E-state index contributed by atoms with van der Waals surface area (Å²) in [6, 6.07) is 7.41. The number of nitrogens with one attached hydrogen (secondary N) is 2. The first-order valence-electron chi connectivity index (χ1n) is 10.2. The Hall–Kier alpha value is -2.08. The Balaban J connectivity index is 1.49. The van der Waals surface area contributed by atoms with Crippen molar-refractivity contribution in [2.45, 2.75) is 63.5 Å². The summed E-state index contributed by atoms with van der Waals surface area (Å²) in [6.45, 7) is 2.10. The monoisotopic (exact) mass is 373 g/mol. The van der Waals surface area contributed by atoms with Gasteiger partial charge in [-0.15, -0.1) is 0 Å². The third-order valence-electron chi connectivity index (χ3n) is 5.69. The number of esters is 1. The van der Waals surface area contributed by atoms with Gasteiger partial charge in [0.25, 0.3) is 0 Å². The summed E-state index contributed by atoms with van der Waals surface area (Å²) in [5.41, 5.74) is 1.13. The number of methoxy groups -OCH3 is 1. The van der Waals surface area contributed by atoms with Gasteiger partial charge in [0.05, 0.1) is 12.7 Å². The van der Waals surface area contributed by atoms with Gasteiger partial charge in [0, 0.05) is 24.3 Å². The van der Waals surface area contributed by atoms with Crippen LogP contribution in [0.15, 0.2) is 24.3 Å². The summed E-state index contributed by atoms with van der Waals surface area (Å²) in [6.07, 6.45) is 10.2. The summed E-state index contributed by atoms with van der Waals surface area (Å²) in [5.74, 6) is -0.383. The molecule has 1 saturated heterocycles. The molecule has 1 aliphatic carbocycles. The smallest absolute Gasteiger partial charge is 0.337 e. The van der Waals surface area contributed by atoms with Crippen molar-refractivity contribution < 1.29 is 14.3 Å². The maximum atomic E-state index is 12.4. The molecule has 1 saturated carbocycles. The lowest BCUT2D eigenvalue weighted by Gasteiger charge is -2.38. The van der Waals surface area contributed by atoms with Crippen LogP contribution in [0.2, 0.25) is 0 Å². The summed E-state index contributed by atoms with van der Waals surface area (Å²) < 4.78 is 4.68. The maximum absolute atomic E-state index is 12.4. The zero-order chi connectivity index (χ0) is 19.1. The first-order valence-corrected chi connectivity index (χ1v) is 10.2. The highest BCUT2D eigenvalue weighted by Crippen LogP contribution is 2.24. The van der Waals surface area contributed by atoms with Crippen molar-refractivity contribution in [3.63, 3.8) is 0 Å². The van der Waals surface area contributed by atoms with E-state index in [0.29, 0.717) is 17.3 Å². The van der Waals surface area contributed by atoms with Crippen LogP contribution in [0.3, 0.4) is 0 Å². The lowest BCUT2D eigenvalue weighted by atomic mass is 10.00. The fourth-order valence-corrected chi connectivity index (χ4v) is 4.24. The number of carbonyl (C=O) groups excluding carboxylic acids is 2. The van der Waals surface area contributed by atoms with E-state index in [1.807, 2.05) is 0 Å². The van der Waals surface area contributed by atoms with E-state index in [4.69, 9.17) is 0 Å². The normalized spacial score (nSPS) is 21.9. The molecule has 1 atom stereocenters. The van der Waals surface area contributed by atoms with E-state index in [9.17, 15) is 9.59 Å². The van der Waals surface area contributed by atoms with E-state index in [2.05, 4.69) is 20.3 Å². The van der Waals surface area contributed by atoms with Gasteiger partial charge in [-0.3, -0.25) is 4.90 Å². The van der Waals surface area contributed by atoms with Crippen molar-refractivity contribution in [3.05, 3.63) is 29.8 Å². The predicted octanol–water partition coefficient (Wildman–Crippen LogP) is 3.78. The molecule has 3 rings (SSSR count). The molecule has 0 aromatic heterocycles. The Labute approximate surface area is 161 Å². The molecule has 2 aliphatic rings. The van der Waals surface area contributed by atoms with Gasteiger partial charge in [0.1, 0.15) is 0 Å². The number of hydrogen-bond donors (Lipinski definition) is 2. The van der Waals surface area contributed by atoms with Crippen LogP contribution in [0.25, 0.3) is 0 Å². The van der Waals surface area contributed by atoms with Crippen LogP contribution < -0.4 is 10.6 Å². The molecule has 0 spiro atoms. The Morgan fingerprint density at radius 2 is 1.70 bits per heavy atom. The highest BCUT2D eigenvalue weighted by Gasteiger charge is 2.27. The summed E-state index contributed by atoms with van der Waals surface area (Å²) in [4.78, 5) is 26.4. The Bertz CT molecular complexity index is 624. The van der Waals surface area contributed by atoms with Crippen LogP contribution >= 0.6 is 0 Å². The van der Waals surface area contributed by atoms with Crippen molar-refractivity contribution in [3.8, 4) is 0 Å². The molecule has 6 nitrogen and oxygen atoms in total. The van der Waals surface area contributed by atoms with Gasteiger partial charge in [-0.25, -0.2) is 9.59 Å². The molecule has 148 valence electrons. The number of urea groups is 1. The standard InChI is InChI=1S/C21H31N3O3/c1-27-20(25)16-10-12-17(13-11-16)22-21(26)23-18-7-6-14-24(15-18)19-8-4-2-3-5-9-19/h10-13,18-19H,2-9,14-15H2,1H3,(H2,22,23,26). The summed E-state index contributed by atoms with van der Waals surface area (Å²) in [5, 5.41) is 5.97. The molecule has 1 aliphatic heterocycles. The third-order valence-corrected chi connectivity index (χ3v) is 5.69. The zero-order valence-electron chi connectivity index (χ0n) is 16.2. The number of ether oxygens (including phenoxy) is 1. The van der Waals surface area contributed by atoms with Crippen molar-refractivity contribution in [1.82, 2.24) is 10.2 Å². The first-order chi connectivity index (χ1) is 13.2. The van der Waals surface area contributed by atoms with E-state index in [1.54, 1.807) is 24.3 Å². The molecule has 1 aromatic carbocycles. The second-order valence-corrected chi connectivity index (χ2v) is 7.65. The highest BCUT2D eigenvalue weighted by atomic mass is 16.5. The summed E-state index contributed by atoms with van der Waals surface area (Å²) in [7, 11) is 1.35. The van der Waals surface area contributed by atoms with Crippen molar-refractivity contribution in [1.29, 1.82) is 0 Å². The van der Waals surface area contributed by atoms with Gasteiger partial charge in [0.2, 0.25) is 0 Å². The minimum Gasteiger partial charge on any atom is -0.465 e. The Kier molecular flexibility index (Phi) is 7.10. The minimum absolute atomic E-state index is 0.187. The predicted molar refractivity (Wildman–Crippen MR) is 106 cm³/mol. The molecule has 0 bridgehead atoms. The quantitative estimate of drug-likeness (QED) is 0.622. The second-order valence-electron chi connectivity index (χ2n) is 7.65. The van der Waals surface area contributed by atoms with E-state index in [1.165, 1.54) is 45.6 Å². The molecule has 2 amide bonds. The number of amides is 2. The van der Waals surface area contributed by atoms with Crippen LogP contribution in [0.5, 0.6) is 0 Å². The van der Waals surface area contributed by atoms with Gasteiger partial charge >= 0.3 is 12.0 Å². The number of nitrogens with zero attached hydrogens (tertiary/aromatic N) is 1. The zero-order valence-corrected chi connectivity index (χ0v) is 16.2. The maximum Gasteiger partial charge on any atom is 0.337 e. The van der Waals surface area contributed by atoms with Gasteiger partial charge < -0.3 is 15.4 Å². The molecule has 27 heavy (non-hydrogen) atoms. The van der Waals surface area contributed by atoms with Crippen LogP contribution in [-0.4, -0.2) is 49.2 Å². The van der Waals surface area contributed by atoms with Crippen LogP contribution in [-0.2, 0) is 4.74 Å². The van der Waals surface area contributed by atoms with Crippen molar-refractivity contribution in [2.75, 3.05) is 25.5 Å². The van der Waals surface area contributed by atoms with Gasteiger partial charge in [0.15, 0.2) is 0 Å². The van der Waals surface area contributed by atoms with E-state index in [0.717, 1.165) is 25.9 Å². The van der Waals surface area contributed by atoms with E-state index < -0.39 is 0 Å². The number of rotatable bonds is 4. The summed E-state index contributed by atoms with van der Waals surface area (Å²) >= 11 is 0. The SMILES string of the molecule is COC(=O)c1ccc(NC(=O)NC2CCCN(C3CCCCCC3)C2)cc1. The van der Waals surface area contributed by atoms with Gasteiger partial charge in [-0.2, -0.15) is 0 Å². The largest absolute Gasteiger partial charge is 0.465 e. The first kappa shape index (κ1) is 19.7. The number of anilines is 1. The topological polar surface area (TPSA) is 70.7 Å². The van der Waals surface area contributed by atoms with Crippen LogP contribution in [0.1, 0.15) is 61.7 Å². The molecule has 2 N–H and O–H groups in total. The molecule has 1 heterocycles. The Morgan fingerprint density at radius 3 is 2.37 bits per heavy atom. The number of hydrogen-bond acceptors (Lipinski definition) is 4. The lowest BCUT2D eigenvalue weighted by Crippen LogP contribution is -2.51. The van der Waals surface area contributed by atoms with Crippen LogP contribution in [0.4, 0.5) is 10.5 Å². The average Bonchev–Trinajstić information content (AvgIpc) is 2.97. The number of piperidine rings is 1. The molecular weight excluding hydrogens is 342 g/mol. The number of benzene rings is 1. The lowest BCUT2D eigenvalue weighted by molar-refractivity contribution is 0.0600. The van der Waals surface area contributed by atoms with E-state index >= 15 is 0 Å². The molecule has 1 unspecified atom stereocenters. The van der Waals surface area contributed by atoms with Gasteiger partial charge in [-0.05, 0) is 56.5 Å². The number of carbonyl (C=O) groups is 2. The minimum atomic E-state index is -0.383. The fourth-order valence-electron chi connectivity index (χ4n) is 4.24. The Morgan fingerprint density at radius 1 is 1.00 bits per heavy atom. The number of likely N-dealkylation sites (tertiary alicyclic amines) is 1.